The van der Waals surface area contributed by atoms with Gasteiger partial charge in [-0.05, 0) is 42.5 Å². The molecule has 1 aliphatic rings. The molecule has 2 amide bonds. The van der Waals surface area contributed by atoms with Crippen LogP contribution in [0.3, 0.4) is 0 Å². The average molecular weight is 509 g/mol. The Kier molecular flexibility index (Phi) is 8.89. The lowest BCUT2D eigenvalue weighted by Crippen LogP contribution is -2.47. The van der Waals surface area contributed by atoms with E-state index >= 15 is 0 Å². The van der Waals surface area contributed by atoms with Crippen LogP contribution in [0.5, 0.6) is 11.5 Å². The monoisotopic (exact) mass is 508 g/mol. The number of hydrogen-bond donors (Lipinski definition) is 1. The van der Waals surface area contributed by atoms with Crippen molar-refractivity contribution in [2.75, 3.05) is 20.8 Å². The molecule has 1 aliphatic carbocycles. The molecule has 8 nitrogen and oxygen atoms in total. The van der Waals surface area contributed by atoms with Crippen LogP contribution in [0.1, 0.15) is 59.8 Å². The third-order valence-electron chi connectivity index (χ3n) is 6.56. The molecule has 1 saturated carbocycles. The van der Waals surface area contributed by atoms with Crippen LogP contribution in [-0.2, 0) is 11.2 Å². The van der Waals surface area contributed by atoms with Gasteiger partial charge in [0.2, 0.25) is 5.91 Å². The molecule has 0 saturated heterocycles. The average Bonchev–Trinajstić information content (AvgIpc) is 3.46. The van der Waals surface area contributed by atoms with Crippen LogP contribution in [0.15, 0.2) is 54.7 Å². The molecular formula is C27H32N4O4S. The second-order valence-electron chi connectivity index (χ2n) is 8.89. The Morgan fingerprint density at radius 1 is 1.06 bits per heavy atom. The summed E-state index contributed by atoms with van der Waals surface area (Å²) in [5.74, 6) is 0.761. The highest BCUT2D eigenvalue weighted by Crippen LogP contribution is 2.29. The van der Waals surface area contributed by atoms with Crippen LogP contribution in [0.4, 0.5) is 0 Å². The maximum Gasteiger partial charge on any atom is 0.276 e. The predicted octanol–water partition coefficient (Wildman–Crippen LogP) is 4.43. The van der Waals surface area contributed by atoms with Crippen molar-refractivity contribution < 1.29 is 19.1 Å². The number of rotatable bonds is 10. The van der Waals surface area contributed by atoms with E-state index in [2.05, 4.69) is 14.1 Å². The minimum Gasteiger partial charge on any atom is -0.493 e. The molecule has 9 heteroatoms. The maximum absolute atomic E-state index is 13.7. The summed E-state index contributed by atoms with van der Waals surface area (Å²) >= 11 is 0.975. The fraction of sp³-hybridized carbons (Fsp3) is 0.407. The second-order valence-corrected chi connectivity index (χ2v) is 9.44. The van der Waals surface area contributed by atoms with Crippen LogP contribution in [-0.4, -0.2) is 52.3 Å². The first-order valence-electron chi connectivity index (χ1n) is 12.3. The topological polar surface area (TPSA) is 93.7 Å². The van der Waals surface area contributed by atoms with Crippen molar-refractivity contribution >= 4 is 23.5 Å². The van der Waals surface area contributed by atoms with Gasteiger partial charge in [-0.25, -0.2) is 0 Å². The number of benzene rings is 2. The molecule has 4 rings (SSSR count). The Morgan fingerprint density at radius 2 is 1.81 bits per heavy atom. The van der Waals surface area contributed by atoms with Crippen LogP contribution in [0, 0.1) is 0 Å². The number of carbonyl (C=O) groups is 2. The molecule has 1 N–H and O–H groups in total. The molecular weight excluding hydrogens is 476 g/mol. The predicted molar refractivity (Wildman–Crippen MR) is 138 cm³/mol. The zero-order valence-corrected chi connectivity index (χ0v) is 21.5. The largest absolute Gasteiger partial charge is 0.493 e. The third-order valence-corrected chi connectivity index (χ3v) is 7.04. The fourth-order valence-corrected chi connectivity index (χ4v) is 5.08. The summed E-state index contributed by atoms with van der Waals surface area (Å²) < 4.78 is 19.0. The van der Waals surface area contributed by atoms with Crippen molar-refractivity contribution in [3.05, 3.63) is 71.5 Å². The van der Waals surface area contributed by atoms with Crippen molar-refractivity contribution in [1.82, 2.24) is 19.0 Å². The van der Waals surface area contributed by atoms with E-state index in [4.69, 9.17) is 9.47 Å². The van der Waals surface area contributed by atoms with Crippen LogP contribution in [0.25, 0.3) is 0 Å². The summed E-state index contributed by atoms with van der Waals surface area (Å²) in [5, 5.41) is 3.23. The second kappa shape index (κ2) is 12.5. The van der Waals surface area contributed by atoms with Gasteiger partial charge in [-0.3, -0.25) is 9.59 Å². The van der Waals surface area contributed by atoms with Gasteiger partial charge in [-0.15, -0.1) is 0 Å². The molecule has 0 aliphatic heterocycles. The molecule has 1 aromatic heterocycles. The van der Waals surface area contributed by atoms with Gasteiger partial charge in [-0.2, -0.15) is 8.75 Å². The fourth-order valence-electron chi connectivity index (χ4n) is 4.67. The minimum atomic E-state index is -0.789. The van der Waals surface area contributed by atoms with E-state index < -0.39 is 6.04 Å². The highest BCUT2D eigenvalue weighted by atomic mass is 32.1. The van der Waals surface area contributed by atoms with E-state index in [9.17, 15) is 9.59 Å². The van der Waals surface area contributed by atoms with Crippen LogP contribution >= 0.6 is 11.7 Å². The lowest BCUT2D eigenvalue weighted by molar-refractivity contribution is -0.126. The molecule has 0 bridgehead atoms. The maximum atomic E-state index is 13.7. The van der Waals surface area contributed by atoms with Crippen molar-refractivity contribution in [3.8, 4) is 11.5 Å². The normalized spacial score (nSPS) is 14.6. The minimum absolute atomic E-state index is 0.126. The quantitative estimate of drug-likeness (QED) is 0.436. The Hall–Kier alpha value is -3.46. The van der Waals surface area contributed by atoms with Gasteiger partial charge in [0, 0.05) is 12.6 Å². The summed E-state index contributed by atoms with van der Waals surface area (Å²) in [7, 11) is 3.18. The van der Waals surface area contributed by atoms with E-state index in [1.54, 1.807) is 19.1 Å². The molecule has 0 spiro atoms. The highest BCUT2D eigenvalue weighted by molar-refractivity contribution is 6.99. The van der Waals surface area contributed by atoms with Gasteiger partial charge in [0.25, 0.3) is 5.91 Å². The standard InChI is InChI=1S/C27H32N4O4S/c1-34-23-14-13-19(17-24(23)35-2)15-16-31(27(33)22-18-28-36-30-22)25(20-9-5-3-6-10-20)26(32)29-21-11-7-4-8-12-21/h3,5-6,9-10,13-14,17-18,21,25H,4,7-8,11-12,15-16H2,1-2H3,(H,29,32)/t25-/m0/s1. The van der Waals surface area contributed by atoms with Gasteiger partial charge in [0.05, 0.1) is 32.1 Å². The molecule has 0 unspecified atom stereocenters. The molecule has 36 heavy (non-hydrogen) atoms. The van der Waals surface area contributed by atoms with Gasteiger partial charge >= 0.3 is 0 Å². The molecule has 0 radical (unpaired) electrons. The summed E-state index contributed by atoms with van der Waals surface area (Å²) in [6, 6.07) is 14.5. The third kappa shape index (κ3) is 6.20. The first-order chi connectivity index (χ1) is 17.6. The van der Waals surface area contributed by atoms with E-state index in [0.717, 1.165) is 48.5 Å². The van der Waals surface area contributed by atoms with E-state index in [1.807, 2.05) is 48.5 Å². The van der Waals surface area contributed by atoms with Gasteiger partial charge in [0.15, 0.2) is 17.2 Å². The molecule has 1 fully saturated rings. The highest BCUT2D eigenvalue weighted by Gasteiger charge is 2.34. The van der Waals surface area contributed by atoms with Crippen molar-refractivity contribution in [3.63, 3.8) is 0 Å². The van der Waals surface area contributed by atoms with Gasteiger partial charge < -0.3 is 19.7 Å². The lowest BCUT2D eigenvalue weighted by atomic mass is 9.94. The summed E-state index contributed by atoms with van der Waals surface area (Å²) in [6.45, 7) is 0.309. The first-order valence-corrected chi connectivity index (χ1v) is 13.0. The molecule has 2 aromatic carbocycles. The van der Waals surface area contributed by atoms with Crippen molar-refractivity contribution in [1.29, 1.82) is 0 Å². The Morgan fingerprint density at radius 3 is 2.47 bits per heavy atom. The Labute approximate surface area is 216 Å². The smallest absolute Gasteiger partial charge is 0.276 e. The van der Waals surface area contributed by atoms with Crippen LogP contribution < -0.4 is 14.8 Å². The van der Waals surface area contributed by atoms with E-state index in [-0.39, 0.29) is 23.6 Å². The SMILES string of the molecule is COc1ccc(CCN(C(=O)c2cnsn2)[C@H](C(=O)NC2CCCCC2)c2ccccc2)cc1OC. The first kappa shape index (κ1) is 25.6. The molecule has 1 heterocycles. The number of carbonyl (C=O) groups excluding carboxylic acids is 2. The number of ether oxygens (including phenoxy) is 2. The summed E-state index contributed by atoms with van der Waals surface area (Å²) in [4.78, 5) is 29.0. The van der Waals surface area contributed by atoms with Gasteiger partial charge in [0.1, 0.15) is 6.04 Å². The number of amides is 2. The number of nitrogens with one attached hydrogen (secondary N) is 1. The van der Waals surface area contributed by atoms with Crippen molar-refractivity contribution in [2.24, 2.45) is 0 Å². The molecule has 1 atom stereocenters. The Balaban J connectivity index is 1.65. The molecule has 190 valence electrons. The van der Waals surface area contributed by atoms with E-state index in [1.165, 1.54) is 12.6 Å². The molecule has 3 aromatic rings. The number of hydrogen-bond acceptors (Lipinski definition) is 7. The lowest BCUT2D eigenvalue weighted by Gasteiger charge is -2.33. The van der Waals surface area contributed by atoms with E-state index in [0.29, 0.717) is 24.5 Å². The summed E-state index contributed by atoms with van der Waals surface area (Å²) in [6.07, 6.45) is 7.30. The zero-order valence-electron chi connectivity index (χ0n) is 20.7. The number of aromatic nitrogens is 2. The zero-order chi connectivity index (χ0) is 25.3. The Bertz CT molecular complexity index is 1130. The number of methoxy groups -OCH3 is 2. The number of nitrogens with zero attached hydrogens (tertiary/aromatic N) is 3. The van der Waals surface area contributed by atoms with Crippen LogP contribution in [0.2, 0.25) is 0 Å². The van der Waals surface area contributed by atoms with Gasteiger partial charge in [-0.1, -0.05) is 55.7 Å². The van der Waals surface area contributed by atoms with Crippen molar-refractivity contribution in [2.45, 2.75) is 50.6 Å². The summed E-state index contributed by atoms with van der Waals surface area (Å²) in [5.41, 5.74) is 1.95.